The molecule has 1 amide bonds. The van der Waals surface area contributed by atoms with Crippen molar-refractivity contribution in [2.45, 2.75) is 32.0 Å². The number of halogens is 2. The summed E-state index contributed by atoms with van der Waals surface area (Å²) < 4.78 is 64.1. The Morgan fingerprint density at radius 2 is 1.90 bits per heavy atom. The molecule has 2 aliphatic heterocycles. The van der Waals surface area contributed by atoms with Gasteiger partial charge in [-0.1, -0.05) is 12.1 Å². The van der Waals surface area contributed by atoms with Gasteiger partial charge in [-0.3, -0.25) is 19.0 Å². The number of carbonyl (C=O) groups is 1. The number of aromatic nitrogens is 4. The lowest BCUT2D eigenvalue weighted by molar-refractivity contribution is 0.0611. The van der Waals surface area contributed by atoms with Gasteiger partial charge in [0.1, 0.15) is 12.0 Å². The summed E-state index contributed by atoms with van der Waals surface area (Å²) in [5, 5.41) is 3.51. The van der Waals surface area contributed by atoms with Crippen molar-refractivity contribution < 1.29 is 26.4 Å². The zero-order valence-corrected chi connectivity index (χ0v) is 29.3. The first-order chi connectivity index (χ1) is 24.4. The summed E-state index contributed by atoms with van der Waals surface area (Å²) in [5.74, 6) is -0.464. The average Bonchev–Trinajstić information content (AvgIpc) is 3.68. The second-order valence-corrected chi connectivity index (χ2v) is 15.3. The molecule has 7 heterocycles. The van der Waals surface area contributed by atoms with E-state index in [9.17, 15) is 17.6 Å². The van der Waals surface area contributed by atoms with Gasteiger partial charge >= 0.3 is 0 Å². The van der Waals surface area contributed by atoms with E-state index in [-0.39, 0.29) is 34.7 Å². The highest BCUT2D eigenvalue weighted by atomic mass is 32.2. The third-order valence-electron chi connectivity index (χ3n) is 9.93. The van der Waals surface area contributed by atoms with Crippen molar-refractivity contribution in [3.63, 3.8) is 0 Å². The maximum atomic E-state index is 15.2. The fraction of sp³-hybridized carbons (Fsp3) is 0.297. The van der Waals surface area contributed by atoms with Crippen molar-refractivity contribution in [2.24, 2.45) is 0 Å². The minimum Gasteiger partial charge on any atom is -0.437 e. The minimum absolute atomic E-state index is 0.0150. The van der Waals surface area contributed by atoms with Crippen LogP contribution in [-0.2, 0) is 16.4 Å². The molecule has 11 nitrogen and oxygen atoms in total. The first kappa shape index (κ1) is 33.0. The van der Waals surface area contributed by atoms with Gasteiger partial charge in [0.15, 0.2) is 11.6 Å². The van der Waals surface area contributed by atoms with Gasteiger partial charge in [0.25, 0.3) is 5.91 Å². The van der Waals surface area contributed by atoms with Crippen molar-refractivity contribution >= 4 is 43.8 Å². The Morgan fingerprint density at radius 1 is 1.10 bits per heavy atom. The molecule has 1 fully saturated rings. The zero-order valence-electron chi connectivity index (χ0n) is 28.4. The Bertz CT molecular complexity index is 2470. The number of hydrogen-bond acceptors (Lipinski definition) is 8. The minimum atomic E-state index is -3.81. The number of nitrogens with one attached hydrogen (secondary N) is 1. The van der Waals surface area contributed by atoms with E-state index in [1.807, 2.05) is 25.1 Å². The summed E-state index contributed by atoms with van der Waals surface area (Å²) in [6.07, 6.45) is 3.24. The standard InChI is InChI=1S/C37H35F2N7O4S/c1-20-8-9-22(17-41-20)34-32(36(47)40-2)27-15-26(35(43-37(27)50-34)44(3)51(4,48)49)29-11-10-21-14-24(12-13-45-18-23(38)19-45)46-30-7-5-6-28(39)25(30)16-31(46)33(21)42-29/h5-11,15-17,23-24H,12-14,18-19H2,1-4H3,(H,40,47). The lowest BCUT2D eigenvalue weighted by Gasteiger charge is -2.36. The molecule has 1 atom stereocenters. The molecule has 8 rings (SSSR count). The van der Waals surface area contributed by atoms with Crippen LogP contribution in [0.15, 0.2) is 65.2 Å². The van der Waals surface area contributed by atoms with Crippen LogP contribution in [0.5, 0.6) is 0 Å². The van der Waals surface area contributed by atoms with Gasteiger partial charge in [0.05, 0.1) is 39.8 Å². The van der Waals surface area contributed by atoms with Crippen LogP contribution in [0.2, 0.25) is 0 Å². The lowest BCUT2D eigenvalue weighted by Crippen LogP contribution is -2.48. The number of hydrogen-bond donors (Lipinski definition) is 1. The number of alkyl halides is 1. The SMILES string of the molecule is CNC(=O)c1c(-c2ccc(C)nc2)oc2nc(N(C)S(C)(=O)=O)c(-c3ccc4c(n3)-c3cc5c(F)cccc5n3C(CCN3CC(F)C3)C4)cc12. The molecule has 6 aromatic rings. The second kappa shape index (κ2) is 12.2. The van der Waals surface area contributed by atoms with E-state index in [1.54, 1.807) is 36.5 Å². The van der Waals surface area contributed by atoms with Crippen LogP contribution in [0.3, 0.4) is 0 Å². The number of pyridine rings is 3. The Kier molecular flexibility index (Phi) is 7.91. The van der Waals surface area contributed by atoms with E-state index in [1.165, 1.54) is 20.2 Å². The molecule has 14 heteroatoms. The highest BCUT2D eigenvalue weighted by Crippen LogP contribution is 2.43. The molecule has 5 aromatic heterocycles. The van der Waals surface area contributed by atoms with Crippen LogP contribution >= 0.6 is 0 Å². The third-order valence-corrected chi connectivity index (χ3v) is 11.1. The predicted octanol–water partition coefficient (Wildman–Crippen LogP) is 5.92. The number of anilines is 1. The summed E-state index contributed by atoms with van der Waals surface area (Å²) in [6, 6.07) is 15.8. The van der Waals surface area contributed by atoms with Gasteiger partial charge in [-0.25, -0.2) is 22.2 Å². The zero-order chi connectivity index (χ0) is 35.8. The molecule has 51 heavy (non-hydrogen) atoms. The molecule has 1 N–H and O–H groups in total. The van der Waals surface area contributed by atoms with Crippen LogP contribution in [0.4, 0.5) is 14.6 Å². The number of aryl methyl sites for hydroxylation is 1. The molecule has 1 unspecified atom stereocenters. The molecule has 1 aromatic carbocycles. The molecule has 0 spiro atoms. The lowest BCUT2D eigenvalue weighted by atomic mass is 9.94. The number of sulfonamides is 1. The number of rotatable bonds is 8. The van der Waals surface area contributed by atoms with Crippen LogP contribution in [0.1, 0.15) is 34.1 Å². The van der Waals surface area contributed by atoms with E-state index in [4.69, 9.17) is 9.40 Å². The summed E-state index contributed by atoms with van der Waals surface area (Å²) >= 11 is 0. The maximum absolute atomic E-state index is 15.2. The largest absolute Gasteiger partial charge is 0.437 e. The summed E-state index contributed by atoms with van der Waals surface area (Å²) in [5.41, 5.74) is 5.43. The third kappa shape index (κ3) is 5.62. The van der Waals surface area contributed by atoms with Crippen LogP contribution in [0.25, 0.3) is 56.0 Å². The molecular formula is C37H35F2N7O4S. The number of benzene rings is 1. The Labute approximate surface area is 293 Å². The molecule has 0 aliphatic carbocycles. The summed E-state index contributed by atoms with van der Waals surface area (Å²) in [7, 11) is -0.897. The number of likely N-dealkylation sites (tertiary alicyclic amines) is 1. The van der Waals surface area contributed by atoms with Gasteiger partial charge in [0.2, 0.25) is 15.7 Å². The van der Waals surface area contributed by atoms with Crippen molar-refractivity contribution in [3.05, 3.63) is 83.4 Å². The molecule has 262 valence electrons. The van der Waals surface area contributed by atoms with Crippen LogP contribution in [0, 0.1) is 12.7 Å². The molecule has 2 aliphatic rings. The van der Waals surface area contributed by atoms with E-state index in [0.29, 0.717) is 59.3 Å². The van der Waals surface area contributed by atoms with Crippen molar-refractivity contribution in [1.82, 2.24) is 29.7 Å². The van der Waals surface area contributed by atoms with Gasteiger partial charge in [-0.2, -0.15) is 4.98 Å². The molecule has 0 bridgehead atoms. The number of amides is 1. The monoisotopic (exact) mass is 711 g/mol. The average molecular weight is 712 g/mol. The maximum Gasteiger partial charge on any atom is 0.255 e. The quantitative estimate of drug-likeness (QED) is 0.206. The first-order valence-electron chi connectivity index (χ1n) is 16.6. The fourth-order valence-electron chi connectivity index (χ4n) is 7.17. The van der Waals surface area contributed by atoms with Gasteiger partial charge in [-0.05, 0) is 67.8 Å². The molecule has 1 saturated heterocycles. The van der Waals surface area contributed by atoms with Crippen LogP contribution in [-0.4, -0.2) is 84.9 Å². The molecule has 0 radical (unpaired) electrons. The van der Waals surface area contributed by atoms with E-state index < -0.39 is 22.1 Å². The first-order valence-corrected chi connectivity index (χ1v) is 18.5. The van der Waals surface area contributed by atoms with Gasteiger partial charge in [-0.15, -0.1) is 0 Å². The van der Waals surface area contributed by atoms with Crippen LogP contribution < -0.4 is 9.62 Å². The van der Waals surface area contributed by atoms with Crippen molar-refractivity contribution in [3.8, 4) is 34.0 Å². The Balaban J connectivity index is 1.31. The smallest absolute Gasteiger partial charge is 0.255 e. The van der Waals surface area contributed by atoms with Crippen molar-refractivity contribution in [2.75, 3.05) is 44.3 Å². The Hall–Kier alpha value is -5.21. The molecule has 0 saturated carbocycles. The van der Waals surface area contributed by atoms with E-state index >= 15 is 4.39 Å². The number of fused-ring (bicyclic) bond motifs is 6. The van der Waals surface area contributed by atoms with E-state index in [2.05, 4.69) is 24.8 Å². The fourth-order valence-corrected chi connectivity index (χ4v) is 7.62. The summed E-state index contributed by atoms with van der Waals surface area (Å²) in [4.78, 5) is 29.6. The predicted molar refractivity (Wildman–Crippen MR) is 191 cm³/mol. The number of carbonyl (C=O) groups excluding carboxylic acids is 1. The number of furan rings is 1. The van der Waals surface area contributed by atoms with Gasteiger partial charge in [0, 0.05) is 68.2 Å². The Morgan fingerprint density at radius 3 is 2.61 bits per heavy atom. The topological polar surface area (TPSA) is 126 Å². The highest BCUT2D eigenvalue weighted by molar-refractivity contribution is 7.92. The highest BCUT2D eigenvalue weighted by Gasteiger charge is 2.33. The normalized spacial score (nSPS) is 16.2. The van der Waals surface area contributed by atoms with E-state index in [0.717, 1.165) is 39.4 Å². The molecular weight excluding hydrogens is 677 g/mol. The summed E-state index contributed by atoms with van der Waals surface area (Å²) in [6.45, 7) is 3.41. The number of nitrogens with zero attached hydrogens (tertiary/aromatic N) is 6. The second-order valence-electron chi connectivity index (χ2n) is 13.3. The van der Waals surface area contributed by atoms with Crippen molar-refractivity contribution in [1.29, 1.82) is 0 Å². The van der Waals surface area contributed by atoms with Gasteiger partial charge < -0.3 is 14.3 Å².